The molecule has 2 rings (SSSR count). The number of nitrogens with zero attached hydrogens (tertiary/aromatic N) is 2. The Bertz CT molecular complexity index is 383. The summed E-state index contributed by atoms with van der Waals surface area (Å²) < 4.78 is 0. The van der Waals surface area contributed by atoms with E-state index in [1.54, 1.807) is 0 Å². The minimum absolute atomic E-state index is 0.182. The first-order valence-corrected chi connectivity index (χ1v) is 5.79. The van der Waals surface area contributed by atoms with Crippen molar-refractivity contribution < 1.29 is 4.79 Å². The number of nitrogens with one attached hydrogen (secondary N) is 1. The normalized spacial score (nSPS) is 24.3. The van der Waals surface area contributed by atoms with Gasteiger partial charge in [-0.05, 0) is 25.7 Å². The van der Waals surface area contributed by atoms with Crippen LogP contribution in [-0.4, -0.2) is 28.0 Å². The van der Waals surface area contributed by atoms with Gasteiger partial charge in [0.05, 0.1) is 12.4 Å². The zero-order valence-corrected chi connectivity index (χ0v) is 9.60. The van der Waals surface area contributed by atoms with E-state index in [-0.39, 0.29) is 5.69 Å². The number of nitrogens with two attached hydrogens (primary N) is 2. The fourth-order valence-electron chi connectivity index (χ4n) is 2.00. The fourth-order valence-corrected chi connectivity index (χ4v) is 2.00. The van der Waals surface area contributed by atoms with Gasteiger partial charge in [-0.3, -0.25) is 4.79 Å². The average Bonchev–Trinajstić information content (AvgIpc) is 2.33. The lowest BCUT2D eigenvalue weighted by Crippen LogP contribution is -2.33. The molecule has 1 aromatic rings. The van der Waals surface area contributed by atoms with Crippen molar-refractivity contribution in [2.45, 2.75) is 37.8 Å². The lowest BCUT2D eigenvalue weighted by molar-refractivity contribution is 0.0995. The third kappa shape index (κ3) is 3.13. The summed E-state index contributed by atoms with van der Waals surface area (Å²) in [5.41, 5.74) is 11.1. The van der Waals surface area contributed by atoms with Gasteiger partial charge < -0.3 is 16.8 Å². The van der Waals surface area contributed by atoms with E-state index >= 15 is 0 Å². The highest BCUT2D eigenvalue weighted by molar-refractivity contribution is 5.90. The van der Waals surface area contributed by atoms with Crippen molar-refractivity contribution >= 4 is 11.7 Å². The van der Waals surface area contributed by atoms with Gasteiger partial charge in [-0.25, -0.2) is 9.97 Å². The summed E-state index contributed by atoms with van der Waals surface area (Å²) in [6.07, 6.45) is 7.07. The summed E-state index contributed by atoms with van der Waals surface area (Å²) >= 11 is 0. The monoisotopic (exact) mass is 235 g/mol. The third-order valence-corrected chi connectivity index (χ3v) is 3.03. The number of hydrogen-bond acceptors (Lipinski definition) is 5. The Kier molecular flexibility index (Phi) is 3.53. The number of carbonyl (C=O) groups excluding carboxylic acids is 1. The molecule has 0 bridgehead atoms. The van der Waals surface area contributed by atoms with Crippen LogP contribution in [0, 0.1) is 0 Å². The molecular weight excluding hydrogens is 218 g/mol. The second kappa shape index (κ2) is 5.09. The van der Waals surface area contributed by atoms with E-state index in [9.17, 15) is 4.79 Å². The molecule has 1 aliphatic rings. The Labute approximate surface area is 99.8 Å². The van der Waals surface area contributed by atoms with Gasteiger partial charge in [0, 0.05) is 12.1 Å². The van der Waals surface area contributed by atoms with Crippen molar-refractivity contribution in [2.75, 3.05) is 5.32 Å². The summed E-state index contributed by atoms with van der Waals surface area (Å²) in [4.78, 5) is 18.9. The summed E-state index contributed by atoms with van der Waals surface area (Å²) in [6, 6.07) is 0.722. The second-order valence-electron chi connectivity index (χ2n) is 4.41. The van der Waals surface area contributed by atoms with Crippen LogP contribution in [0.2, 0.25) is 0 Å². The Morgan fingerprint density at radius 2 is 1.94 bits per heavy atom. The molecule has 1 amide bonds. The van der Waals surface area contributed by atoms with Gasteiger partial charge in [0.1, 0.15) is 11.5 Å². The molecule has 5 N–H and O–H groups in total. The summed E-state index contributed by atoms with van der Waals surface area (Å²) in [5, 5.41) is 3.29. The fraction of sp³-hybridized carbons (Fsp3) is 0.545. The van der Waals surface area contributed by atoms with Gasteiger partial charge in [-0.15, -0.1) is 0 Å². The van der Waals surface area contributed by atoms with Crippen LogP contribution in [0.15, 0.2) is 12.4 Å². The van der Waals surface area contributed by atoms with Crippen LogP contribution < -0.4 is 16.8 Å². The molecule has 0 aliphatic heterocycles. The molecule has 0 saturated heterocycles. The Hall–Kier alpha value is -1.69. The number of carbonyl (C=O) groups is 1. The molecule has 0 aromatic carbocycles. The van der Waals surface area contributed by atoms with Crippen molar-refractivity contribution in [3.63, 3.8) is 0 Å². The first kappa shape index (κ1) is 11.8. The molecule has 1 fully saturated rings. The molecule has 17 heavy (non-hydrogen) atoms. The molecule has 1 saturated carbocycles. The van der Waals surface area contributed by atoms with Gasteiger partial charge in [0.15, 0.2) is 0 Å². The molecule has 1 aliphatic carbocycles. The number of hydrogen-bond donors (Lipinski definition) is 3. The lowest BCUT2D eigenvalue weighted by atomic mass is 9.92. The predicted molar refractivity (Wildman–Crippen MR) is 64.4 cm³/mol. The van der Waals surface area contributed by atoms with Crippen LogP contribution in [0.4, 0.5) is 5.82 Å². The molecule has 1 heterocycles. The molecule has 0 unspecified atom stereocenters. The molecule has 6 nitrogen and oxygen atoms in total. The maximum absolute atomic E-state index is 10.8. The number of amides is 1. The van der Waals surface area contributed by atoms with Crippen LogP contribution >= 0.6 is 0 Å². The van der Waals surface area contributed by atoms with E-state index < -0.39 is 5.91 Å². The van der Waals surface area contributed by atoms with Crippen molar-refractivity contribution in [3.8, 4) is 0 Å². The largest absolute Gasteiger partial charge is 0.366 e. The maximum Gasteiger partial charge on any atom is 0.268 e. The maximum atomic E-state index is 10.8. The van der Waals surface area contributed by atoms with Crippen LogP contribution in [0.1, 0.15) is 36.2 Å². The molecule has 92 valence electrons. The van der Waals surface area contributed by atoms with E-state index in [0.29, 0.717) is 17.9 Å². The van der Waals surface area contributed by atoms with E-state index in [1.165, 1.54) is 12.4 Å². The molecular formula is C11H17N5O. The zero-order chi connectivity index (χ0) is 12.3. The minimum atomic E-state index is -0.562. The molecule has 1 aromatic heterocycles. The van der Waals surface area contributed by atoms with Gasteiger partial charge >= 0.3 is 0 Å². The van der Waals surface area contributed by atoms with Crippen LogP contribution in [0.3, 0.4) is 0 Å². The van der Waals surface area contributed by atoms with E-state index in [4.69, 9.17) is 11.5 Å². The topological polar surface area (TPSA) is 107 Å². The van der Waals surface area contributed by atoms with Gasteiger partial charge in [-0.2, -0.15) is 0 Å². The highest BCUT2D eigenvalue weighted by atomic mass is 16.1. The first-order chi connectivity index (χ1) is 8.15. The van der Waals surface area contributed by atoms with Crippen molar-refractivity contribution in [3.05, 3.63) is 18.1 Å². The average molecular weight is 235 g/mol. The van der Waals surface area contributed by atoms with Crippen molar-refractivity contribution in [1.82, 2.24) is 9.97 Å². The van der Waals surface area contributed by atoms with Gasteiger partial charge in [0.25, 0.3) is 5.91 Å². The second-order valence-corrected chi connectivity index (χ2v) is 4.41. The quantitative estimate of drug-likeness (QED) is 0.696. The van der Waals surface area contributed by atoms with Gasteiger partial charge in [-0.1, -0.05) is 0 Å². The Morgan fingerprint density at radius 1 is 1.24 bits per heavy atom. The van der Waals surface area contributed by atoms with E-state index in [1.807, 2.05) is 0 Å². The van der Waals surface area contributed by atoms with Crippen molar-refractivity contribution in [2.24, 2.45) is 11.5 Å². The minimum Gasteiger partial charge on any atom is -0.366 e. The number of rotatable bonds is 3. The molecule has 0 radical (unpaired) electrons. The number of primary amides is 1. The van der Waals surface area contributed by atoms with Crippen LogP contribution in [-0.2, 0) is 0 Å². The van der Waals surface area contributed by atoms with Gasteiger partial charge in [0.2, 0.25) is 0 Å². The third-order valence-electron chi connectivity index (χ3n) is 3.03. The standard InChI is InChI=1S/C11H17N5O/c12-7-1-3-8(4-2-7)16-10-6-14-9(5-15-10)11(13)17/h5-8H,1-4,12H2,(H2,13,17)(H,15,16). The lowest BCUT2D eigenvalue weighted by Gasteiger charge is -2.27. The first-order valence-electron chi connectivity index (χ1n) is 5.79. The molecule has 0 atom stereocenters. The summed E-state index contributed by atoms with van der Waals surface area (Å²) in [6.45, 7) is 0. The van der Waals surface area contributed by atoms with E-state index in [2.05, 4.69) is 15.3 Å². The Morgan fingerprint density at radius 3 is 2.47 bits per heavy atom. The summed E-state index contributed by atoms with van der Waals surface area (Å²) in [5.74, 6) is 0.114. The van der Waals surface area contributed by atoms with Crippen molar-refractivity contribution in [1.29, 1.82) is 0 Å². The SMILES string of the molecule is NC(=O)c1cnc(NC2CCC(N)CC2)cn1. The number of aromatic nitrogens is 2. The smallest absolute Gasteiger partial charge is 0.268 e. The highest BCUT2D eigenvalue weighted by Crippen LogP contribution is 2.19. The molecule has 6 heteroatoms. The van der Waals surface area contributed by atoms with Crippen LogP contribution in [0.5, 0.6) is 0 Å². The molecule has 0 spiro atoms. The van der Waals surface area contributed by atoms with Crippen LogP contribution in [0.25, 0.3) is 0 Å². The number of anilines is 1. The predicted octanol–water partition coefficient (Wildman–Crippen LogP) is 0.257. The summed E-state index contributed by atoms with van der Waals surface area (Å²) in [7, 11) is 0. The zero-order valence-electron chi connectivity index (χ0n) is 9.60. The van der Waals surface area contributed by atoms with E-state index in [0.717, 1.165) is 25.7 Å². The Balaban J connectivity index is 1.92. The highest BCUT2D eigenvalue weighted by Gasteiger charge is 2.18.